The lowest BCUT2D eigenvalue weighted by Gasteiger charge is -2.32. The fourth-order valence-electron chi connectivity index (χ4n) is 3.27. The molecule has 2 aromatic carbocycles. The van der Waals surface area contributed by atoms with Crippen molar-refractivity contribution in [2.75, 3.05) is 18.5 Å². The Morgan fingerprint density at radius 1 is 1.20 bits per heavy atom. The van der Waals surface area contributed by atoms with E-state index in [1.54, 1.807) is 24.1 Å². The summed E-state index contributed by atoms with van der Waals surface area (Å²) in [5, 5.41) is 7.15. The third-order valence-electron chi connectivity index (χ3n) is 4.70. The molecule has 0 radical (unpaired) electrons. The fraction of sp³-hybridized carbons (Fsp3) is 0.350. The minimum absolute atomic E-state index is 0.00436. The van der Waals surface area contributed by atoms with Gasteiger partial charge in [0.25, 0.3) is 0 Å². The van der Waals surface area contributed by atoms with Crippen LogP contribution in [-0.2, 0) is 6.42 Å². The molecule has 25 heavy (non-hydrogen) atoms. The molecule has 2 N–H and O–H groups in total. The second-order valence-electron chi connectivity index (χ2n) is 6.57. The Balaban J connectivity index is 1.54. The van der Waals surface area contributed by atoms with Crippen molar-refractivity contribution in [1.82, 2.24) is 10.6 Å². The highest BCUT2D eigenvalue weighted by molar-refractivity contribution is 6.30. The molecule has 0 saturated carbocycles. The molecule has 5 heteroatoms. The first kappa shape index (κ1) is 17.8. The first-order chi connectivity index (χ1) is 12.1. The van der Waals surface area contributed by atoms with E-state index in [2.05, 4.69) is 34.9 Å². The molecule has 1 aliphatic heterocycles. The van der Waals surface area contributed by atoms with Crippen LogP contribution < -0.4 is 15.5 Å². The normalized spacial score (nSPS) is 20.1. The number of nitrogens with one attached hydrogen (secondary N) is 2. The van der Waals surface area contributed by atoms with Crippen LogP contribution in [0.1, 0.15) is 18.4 Å². The number of hydrogen-bond donors (Lipinski definition) is 2. The summed E-state index contributed by atoms with van der Waals surface area (Å²) in [5.41, 5.74) is 2.18. The quantitative estimate of drug-likeness (QED) is 0.866. The van der Waals surface area contributed by atoms with Crippen molar-refractivity contribution in [3.05, 3.63) is 65.2 Å². The standard InChI is InChI=1S/C20H24ClN3O/c1-24(18-9-7-17(21)8-10-18)20(25)23-19-14-16(11-12-22-19)13-15-5-3-2-4-6-15/h2-10,16,19,22H,11-14H2,1H3,(H,23,25). The van der Waals surface area contributed by atoms with Gasteiger partial charge in [0.05, 0.1) is 6.17 Å². The average molecular weight is 358 g/mol. The van der Waals surface area contributed by atoms with Crippen LogP contribution in [-0.4, -0.2) is 25.8 Å². The van der Waals surface area contributed by atoms with Crippen molar-refractivity contribution in [2.45, 2.75) is 25.4 Å². The number of rotatable bonds is 4. The molecule has 1 fully saturated rings. The Hall–Kier alpha value is -2.04. The van der Waals surface area contributed by atoms with E-state index in [4.69, 9.17) is 11.6 Å². The lowest BCUT2D eigenvalue weighted by atomic mass is 9.89. The van der Waals surface area contributed by atoms with Crippen molar-refractivity contribution in [1.29, 1.82) is 0 Å². The van der Waals surface area contributed by atoms with Crippen LogP contribution in [0, 0.1) is 5.92 Å². The van der Waals surface area contributed by atoms with Gasteiger partial charge in [0, 0.05) is 17.8 Å². The number of anilines is 1. The molecule has 2 aromatic rings. The van der Waals surface area contributed by atoms with Crippen LogP contribution in [0.3, 0.4) is 0 Å². The van der Waals surface area contributed by atoms with Gasteiger partial charge in [0.2, 0.25) is 0 Å². The van der Waals surface area contributed by atoms with Crippen LogP contribution in [0.25, 0.3) is 0 Å². The molecule has 0 aromatic heterocycles. The summed E-state index contributed by atoms with van der Waals surface area (Å²) in [6.45, 7) is 0.924. The second-order valence-corrected chi connectivity index (χ2v) is 7.01. The highest BCUT2D eigenvalue weighted by Crippen LogP contribution is 2.21. The van der Waals surface area contributed by atoms with Gasteiger partial charge in [-0.2, -0.15) is 0 Å². The summed E-state index contributed by atoms with van der Waals surface area (Å²) >= 11 is 5.91. The average Bonchev–Trinajstić information content (AvgIpc) is 2.63. The van der Waals surface area contributed by atoms with Crippen LogP contribution >= 0.6 is 11.6 Å². The first-order valence-corrected chi connectivity index (χ1v) is 9.06. The van der Waals surface area contributed by atoms with Gasteiger partial charge in [0.1, 0.15) is 0 Å². The molecular weight excluding hydrogens is 334 g/mol. The monoisotopic (exact) mass is 357 g/mol. The lowest BCUT2D eigenvalue weighted by molar-refractivity contribution is 0.226. The van der Waals surface area contributed by atoms with E-state index in [0.29, 0.717) is 10.9 Å². The second kappa shape index (κ2) is 8.37. The van der Waals surface area contributed by atoms with Gasteiger partial charge in [0.15, 0.2) is 0 Å². The molecule has 1 heterocycles. The van der Waals surface area contributed by atoms with Gasteiger partial charge in [-0.15, -0.1) is 0 Å². The van der Waals surface area contributed by atoms with Gasteiger partial charge < -0.3 is 5.32 Å². The minimum atomic E-state index is -0.111. The number of carbonyl (C=O) groups excluding carboxylic acids is 1. The summed E-state index contributed by atoms with van der Waals surface area (Å²) < 4.78 is 0. The molecule has 132 valence electrons. The number of hydrogen-bond acceptors (Lipinski definition) is 2. The summed E-state index contributed by atoms with van der Waals surface area (Å²) in [7, 11) is 1.77. The van der Waals surface area contributed by atoms with Gasteiger partial charge in [-0.25, -0.2) is 4.79 Å². The molecule has 0 spiro atoms. The highest BCUT2D eigenvalue weighted by Gasteiger charge is 2.24. The summed E-state index contributed by atoms with van der Waals surface area (Å²) in [5.74, 6) is 0.579. The van der Waals surface area contributed by atoms with E-state index in [1.165, 1.54) is 5.56 Å². The Morgan fingerprint density at radius 3 is 2.64 bits per heavy atom. The minimum Gasteiger partial charge on any atom is -0.322 e. The third-order valence-corrected chi connectivity index (χ3v) is 4.95. The van der Waals surface area contributed by atoms with Crippen LogP contribution in [0.5, 0.6) is 0 Å². The van der Waals surface area contributed by atoms with Gasteiger partial charge in [-0.05, 0) is 61.6 Å². The van der Waals surface area contributed by atoms with Crippen molar-refractivity contribution < 1.29 is 4.79 Å². The number of carbonyl (C=O) groups is 1. The Labute approximate surface area is 154 Å². The largest absolute Gasteiger partial charge is 0.322 e. The Kier molecular flexibility index (Phi) is 5.95. The molecule has 1 saturated heterocycles. The maximum absolute atomic E-state index is 12.5. The number of amides is 2. The molecule has 0 bridgehead atoms. The van der Waals surface area contributed by atoms with E-state index in [-0.39, 0.29) is 12.2 Å². The molecule has 0 aliphatic carbocycles. The predicted octanol–water partition coefficient (Wildman–Crippen LogP) is 4.05. The fourth-order valence-corrected chi connectivity index (χ4v) is 3.39. The maximum atomic E-state index is 12.5. The van der Waals surface area contributed by atoms with Crippen LogP contribution in [0.2, 0.25) is 5.02 Å². The number of nitrogens with zero attached hydrogens (tertiary/aromatic N) is 1. The molecule has 2 amide bonds. The smallest absolute Gasteiger partial charge is 0.322 e. The van der Waals surface area contributed by atoms with Crippen molar-refractivity contribution in [3.63, 3.8) is 0 Å². The number of halogens is 1. The lowest BCUT2D eigenvalue weighted by Crippen LogP contribution is -2.53. The first-order valence-electron chi connectivity index (χ1n) is 8.69. The van der Waals surface area contributed by atoms with Crippen molar-refractivity contribution >= 4 is 23.3 Å². The highest BCUT2D eigenvalue weighted by atomic mass is 35.5. The number of benzene rings is 2. The molecule has 2 atom stereocenters. The van der Waals surface area contributed by atoms with E-state index < -0.39 is 0 Å². The van der Waals surface area contributed by atoms with Crippen molar-refractivity contribution in [3.8, 4) is 0 Å². The molecule has 3 rings (SSSR count). The number of piperidine rings is 1. The topological polar surface area (TPSA) is 44.4 Å². The van der Waals surface area contributed by atoms with Crippen molar-refractivity contribution in [2.24, 2.45) is 5.92 Å². The van der Waals surface area contributed by atoms with Crippen LogP contribution in [0.15, 0.2) is 54.6 Å². The predicted molar refractivity (Wildman–Crippen MR) is 103 cm³/mol. The van der Waals surface area contributed by atoms with E-state index in [0.717, 1.165) is 31.5 Å². The molecule has 2 unspecified atom stereocenters. The van der Waals surface area contributed by atoms with E-state index >= 15 is 0 Å². The Bertz CT molecular complexity index is 690. The summed E-state index contributed by atoms with van der Waals surface area (Å²) in [4.78, 5) is 14.1. The SMILES string of the molecule is CN(C(=O)NC1CC(Cc2ccccc2)CCN1)c1ccc(Cl)cc1. The number of urea groups is 1. The summed E-state index contributed by atoms with van der Waals surface area (Å²) in [6.07, 6.45) is 3.13. The molecular formula is C20H24ClN3O. The summed E-state index contributed by atoms with van der Waals surface area (Å²) in [6, 6.07) is 17.7. The third kappa shape index (κ3) is 4.97. The van der Waals surface area contributed by atoms with E-state index in [9.17, 15) is 4.79 Å². The van der Waals surface area contributed by atoms with Gasteiger partial charge in [-0.3, -0.25) is 10.2 Å². The zero-order valence-electron chi connectivity index (χ0n) is 14.4. The Morgan fingerprint density at radius 2 is 1.92 bits per heavy atom. The molecule has 4 nitrogen and oxygen atoms in total. The molecule has 1 aliphatic rings. The zero-order chi connectivity index (χ0) is 17.6. The maximum Gasteiger partial charge on any atom is 0.322 e. The van der Waals surface area contributed by atoms with Gasteiger partial charge in [-0.1, -0.05) is 41.9 Å². The van der Waals surface area contributed by atoms with Gasteiger partial charge >= 0.3 is 6.03 Å². The van der Waals surface area contributed by atoms with Crippen LogP contribution in [0.4, 0.5) is 10.5 Å². The zero-order valence-corrected chi connectivity index (χ0v) is 15.2. The van der Waals surface area contributed by atoms with E-state index in [1.807, 2.05) is 18.2 Å².